The minimum absolute atomic E-state index is 0.0000917. The van der Waals surface area contributed by atoms with Crippen LogP contribution in [0, 0.1) is 11.8 Å². The van der Waals surface area contributed by atoms with Gasteiger partial charge in [-0.2, -0.15) is 0 Å². The van der Waals surface area contributed by atoms with Gasteiger partial charge in [-0.25, -0.2) is 0 Å². The second-order valence-corrected chi connectivity index (χ2v) is 7.77. The normalized spacial score (nSPS) is 13.8. The van der Waals surface area contributed by atoms with Crippen molar-refractivity contribution >= 4 is 11.9 Å². The summed E-state index contributed by atoms with van der Waals surface area (Å²) in [4.78, 5) is 23.4. The fourth-order valence-corrected chi connectivity index (χ4v) is 2.88. The van der Waals surface area contributed by atoms with Crippen LogP contribution in [0.5, 0.6) is 0 Å². The first-order chi connectivity index (χ1) is 11.2. The summed E-state index contributed by atoms with van der Waals surface area (Å²) in [5.74, 6) is 0.863. The SMILES string of the molecule is CC(C)CC(C)OC(=O)CCCCCCC(=O)OC(C)CC(C)C. The van der Waals surface area contributed by atoms with Gasteiger partial charge in [0.15, 0.2) is 0 Å². The molecule has 0 aromatic rings. The quantitative estimate of drug-likeness (QED) is 0.337. The van der Waals surface area contributed by atoms with Gasteiger partial charge in [-0.15, -0.1) is 0 Å². The highest BCUT2D eigenvalue weighted by Gasteiger charge is 2.12. The lowest BCUT2D eigenvalue weighted by Crippen LogP contribution is -2.17. The Bertz CT molecular complexity index is 316. The van der Waals surface area contributed by atoms with Crippen molar-refractivity contribution in [2.75, 3.05) is 0 Å². The molecule has 2 atom stereocenters. The molecule has 4 heteroatoms. The molecule has 0 aliphatic carbocycles. The molecule has 4 nitrogen and oxygen atoms in total. The number of rotatable bonds is 13. The van der Waals surface area contributed by atoms with Crippen LogP contribution in [0.25, 0.3) is 0 Å². The molecular weight excluding hydrogens is 304 g/mol. The van der Waals surface area contributed by atoms with Crippen LogP contribution in [0.4, 0.5) is 0 Å². The molecule has 0 saturated heterocycles. The molecular formula is C20H38O4. The summed E-state index contributed by atoms with van der Waals surface area (Å²) >= 11 is 0. The standard InChI is InChI=1S/C20H38O4/c1-15(2)13-17(5)23-19(21)11-9-7-8-10-12-20(22)24-18(6)14-16(3)4/h15-18H,7-14H2,1-6H3. The van der Waals surface area contributed by atoms with E-state index in [1.54, 1.807) is 0 Å². The summed E-state index contributed by atoms with van der Waals surface area (Å²) in [6.45, 7) is 12.4. The smallest absolute Gasteiger partial charge is 0.306 e. The van der Waals surface area contributed by atoms with E-state index in [1.165, 1.54) is 0 Å². The average Bonchev–Trinajstić information content (AvgIpc) is 2.40. The van der Waals surface area contributed by atoms with Crippen molar-refractivity contribution in [3.05, 3.63) is 0 Å². The average molecular weight is 343 g/mol. The summed E-state index contributed by atoms with van der Waals surface area (Å²) in [5.41, 5.74) is 0. The van der Waals surface area contributed by atoms with Gasteiger partial charge in [0.1, 0.15) is 0 Å². The molecule has 0 saturated carbocycles. The van der Waals surface area contributed by atoms with E-state index < -0.39 is 0 Å². The number of esters is 2. The summed E-state index contributed by atoms with van der Waals surface area (Å²) in [6.07, 6.45) is 6.30. The van der Waals surface area contributed by atoms with Gasteiger partial charge in [0, 0.05) is 12.8 Å². The minimum Gasteiger partial charge on any atom is -0.463 e. The van der Waals surface area contributed by atoms with Gasteiger partial charge in [-0.05, 0) is 51.4 Å². The first kappa shape index (κ1) is 22.9. The highest BCUT2D eigenvalue weighted by atomic mass is 16.5. The molecule has 0 radical (unpaired) electrons. The van der Waals surface area contributed by atoms with Crippen LogP contribution in [0.1, 0.15) is 92.9 Å². The first-order valence-corrected chi connectivity index (χ1v) is 9.59. The Kier molecular flexibility index (Phi) is 12.7. The molecule has 0 heterocycles. The van der Waals surface area contributed by atoms with E-state index in [2.05, 4.69) is 27.7 Å². The second-order valence-electron chi connectivity index (χ2n) is 7.77. The third-order valence-electron chi connectivity index (χ3n) is 3.78. The summed E-state index contributed by atoms with van der Waals surface area (Å²) in [5, 5.41) is 0. The molecule has 24 heavy (non-hydrogen) atoms. The van der Waals surface area contributed by atoms with E-state index >= 15 is 0 Å². The van der Waals surface area contributed by atoms with E-state index in [0.29, 0.717) is 24.7 Å². The monoisotopic (exact) mass is 342 g/mol. The van der Waals surface area contributed by atoms with Crippen molar-refractivity contribution in [2.45, 2.75) is 105 Å². The zero-order valence-electron chi connectivity index (χ0n) is 16.6. The Morgan fingerprint density at radius 3 is 1.25 bits per heavy atom. The van der Waals surface area contributed by atoms with Crippen LogP contribution < -0.4 is 0 Å². The Morgan fingerprint density at radius 2 is 0.958 bits per heavy atom. The number of carbonyl (C=O) groups is 2. The van der Waals surface area contributed by atoms with E-state index in [4.69, 9.17) is 9.47 Å². The van der Waals surface area contributed by atoms with Crippen LogP contribution in [-0.2, 0) is 19.1 Å². The van der Waals surface area contributed by atoms with Gasteiger partial charge in [-0.1, -0.05) is 40.5 Å². The van der Waals surface area contributed by atoms with Crippen molar-refractivity contribution in [3.63, 3.8) is 0 Å². The lowest BCUT2D eigenvalue weighted by atomic mass is 10.1. The van der Waals surface area contributed by atoms with Crippen LogP contribution >= 0.6 is 0 Å². The Labute approximate surface area is 148 Å². The molecule has 142 valence electrons. The second kappa shape index (κ2) is 13.3. The zero-order valence-corrected chi connectivity index (χ0v) is 16.6. The lowest BCUT2D eigenvalue weighted by molar-refractivity contribution is -0.150. The van der Waals surface area contributed by atoms with E-state index in [-0.39, 0.29) is 24.1 Å². The van der Waals surface area contributed by atoms with Crippen molar-refractivity contribution in [2.24, 2.45) is 11.8 Å². The summed E-state index contributed by atoms with van der Waals surface area (Å²) in [6, 6.07) is 0. The molecule has 0 aliphatic rings. The number of ether oxygens (including phenoxy) is 2. The largest absolute Gasteiger partial charge is 0.463 e. The van der Waals surface area contributed by atoms with Crippen molar-refractivity contribution in [1.29, 1.82) is 0 Å². The highest BCUT2D eigenvalue weighted by Crippen LogP contribution is 2.12. The van der Waals surface area contributed by atoms with E-state index in [0.717, 1.165) is 38.5 Å². The number of carbonyl (C=O) groups excluding carboxylic acids is 2. The van der Waals surface area contributed by atoms with E-state index in [9.17, 15) is 9.59 Å². The fraction of sp³-hybridized carbons (Fsp3) is 0.900. The zero-order chi connectivity index (χ0) is 18.5. The molecule has 0 aromatic heterocycles. The molecule has 0 N–H and O–H groups in total. The van der Waals surface area contributed by atoms with Crippen LogP contribution in [0.3, 0.4) is 0 Å². The maximum Gasteiger partial charge on any atom is 0.306 e. The number of hydrogen-bond donors (Lipinski definition) is 0. The summed E-state index contributed by atoms with van der Waals surface area (Å²) < 4.78 is 10.7. The fourth-order valence-electron chi connectivity index (χ4n) is 2.88. The van der Waals surface area contributed by atoms with Crippen molar-refractivity contribution in [1.82, 2.24) is 0 Å². The van der Waals surface area contributed by atoms with Crippen molar-refractivity contribution < 1.29 is 19.1 Å². The minimum atomic E-state index is -0.106. The predicted octanol–water partition coefficient (Wildman–Crippen LogP) is 5.28. The van der Waals surface area contributed by atoms with Gasteiger partial charge in [0.25, 0.3) is 0 Å². The Hall–Kier alpha value is -1.06. The Morgan fingerprint density at radius 1 is 0.625 bits per heavy atom. The molecule has 0 bridgehead atoms. The van der Waals surface area contributed by atoms with Gasteiger partial charge in [0.2, 0.25) is 0 Å². The molecule has 2 unspecified atom stereocenters. The molecule has 0 fully saturated rings. The maximum atomic E-state index is 11.7. The Balaban J connectivity index is 3.59. The summed E-state index contributed by atoms with van der Waals surface area (Å²) in [7, 11) is 0. The van der Waals surface area contributed by atoms with Gasteiger partial charge >= 0.3 is 11.9 Å². The van der Waals surface area contributed by atoms with Crippen LogP contribution in [0.15, 0.2) is 0 Å². The van der Waals surface area contributed by atoms with E-state index in [1.807, 2.05) is 13.8 Å². The number of hydrogen-bond acceptors (Lipinski definition) is 4. The topological polar surface area (TPSA) is 52.6 Å². The van der Waals surface area contributed by atoms with Gasteiger partial charge in [-0.3, -0.25) is 9.59 Å². The molecule has 0 aromatic carbocycles. The molecule has 0 amide bonds. The van der Waals surface area contributed by atoms with Crippen LogP contribution in [-0.4, -0.2) is 24.1 Å². The third-order valence-corrected chi connectivity index (χ3v) is 3.78. The molecule has 0 aliphatic heterocycles. The predicted molar refractivity (Wildman–Crippen MR) is 97.7 cm³/mol. The van der Waals surface area contributed by atoms with Crippen molar-refractivity contribution in [3.8, 4) is 0 Å². The lowest BCUT2D eigenvalue weighted by Gasteiger charge is -2.15. The van der Waals surface area contributed by atoms with Crippen LogP contribution in [0.2, 0.25) is 0 Å². The molecule has 0 spiro atoms. The number of unbranched alkanes of at least 4 members (excludes halogenated alkanes) is 3. The third kappa shape index (κ3) is 14.5. The first-order valence-electron chi connectivity index (χ1n) is 9.59. The van der Waals surface area contributed by atoms with Gasteiger partial charge in [0.05, 0.1) is 12.2 Å². The highest BCUT2D eigenvalue weighted by molar-refractivity contribution is 5.69. The van der Waals surface area contributed by atoms with Gasteiger partial charge < -0.3 is 9.47 Å². The maximum absolute atomic E-state index is 11.7. The molecule has 0 rings (SSSR count).